The molecule has 0 N–H and O–H groups in total. The average molecular weight is 338 g/mol. The summed E-state index contributed by atoms with van der Waals surface area (Å²) in [5.74, 6) is 0.360. The van der Waals surface area contributed by atoms with E-state index in [-0.39, 0.29) is 10.9 Å². The van der Waals surface area contributed by atoms with Crippen LogP contribution in [-0.2, 0) is 16.6 Å². The van der Waals surface area contributed by atoms with Gasteiger partial charge >= 0.3 is 0 Å². The van der Waals surface area contributed by atoms with Crippen LogP contribution < -0.4 is 0 Å². The van der Waals surface area contributed by atoms with Crippen molar-refractivity contribution in [1.82, 2.24) is 19.2 Å². The predicted octanol–water partition coefficient (Wildman–Crippen LogP) is 2.12. The molecule has 7 nitrogen and oxygen atoms in total. The Balaban J connectivity index is 1.83. The van der Waals surface area contributed by atoms with Gasteiger partial charge in [0.25, 0.3) is 0 Å². The second kappa shape index (κ2) is 6.45. The van der Waals surface area contributed by atoms with Crippen LogP contribution in [0.4, 0.5) is 0 Å². The number of hydrogen-bond donors (Lipinski definition) is 0. The van der Waals surface area contributed by atoms with E-state index < -0.39 is 10.0 Å². The zero-order valence-corrected chi connectivity index (χ0v) is 14.3. The highest BCUT2D eigenvalue weighted by atomic mass is 32.2. The van der Waals surface area contributed by atoms with Crippen LogP contribution in [0.25, 0.3) is 0 Å². The van der Waals surface area contributed by atoms with Gasteiger partial charge in [0.2, 0.25) is 10.0 Å². The molecule has 1 fully saturated rings. The van der Waals surface area contributed by atoms with Crippen LogP contribution in [0.15, 0.2) is 27.9 Å². The van der Waals surface area contributed by atoms with Crippen molar-refractivity contribution < 1.29 is 12.9 Å². The number of hydrogen-bond acceptors (Lipinski definition) is 5. The van der Waals surface area contributed by atoms with Crippen LogP contribution in [0.1, 0.15) is 37.1 Å². The molecular weight excluding hydrogens is 316 g/mol. The maximum Gasteiger partial charge on any atom is 0.248 e. The fourth-order valence-electron chi connectivity index (χ4n) is 3.25. The molecule has 23 heavy (non-hydrogen) atoms. The van der Waals surface area contributed by atoms with Crippen LogP contribution in [0, 0.1) is 13.8 Å². The molecule has 0 saturated carbocycles. The quantitative estimate of drug-likeness (QED) is 0.834. The molecule has 126 valence electrons. The molecule has 1 unspecified atom stereocenters. The molecule has 1 atom stereocenters. The first-order valence-electron chi connectivity index (χ1n) is 7.92. The smallest absolute Gasteiger partial charge is 0.248 e. The Morgan fingerprint density at radius 1 is 1.35 bits per heavy atom. The number of nitrogens with zero attached hydrogens (tertiary/aromatic N) is 4. The van der Waals surface area contributed by atoms with E-state index in [1.807, 2.05) is 16.9 Å². The molecule has 1 aliphatic rings. The van der Waals surface area contributed by atoms with Gasteiger partial charge in [-0.3, -0.25) is 4.68 Å². The molecular formula is C15H22N4O3S. The normalized spacial score (nSPS) is 20.0. The third-order valence-corrected chi connectivity index (χ3v) is 6.56. The van der Waals surface area contributed by atoms with Crippen molar-refractivity contribution in [2.75, 3.05) is 6.54 Å². The Kier molecular flexibility index (Phi) is 4.54. The van der Waals surface area contributed by atoms with Gasteiger partial charge in [-0.1, -0.05) is 11.6 Å². The molecule has 3 rings (SSSR count). The zero-order chi connectivity index (χ0) is 16.4. The van der Waals surface area contributed by atoms with Gasteiger partial charge in [-0.2, -0.15) is 9.40 Å². The van der Waals surface area contributed by atoms with E-state index in [2.05, 4.69) is 10.3 Å². The number of rotatable bonds is 5. The summed E-state index contributed by atoms with van der Waals surface area (Å²) >= 11 is 0. The maximum atomic E-state index is 13.1. The molecule has 0 amide bonds. The van der Waals surface area contributed by atoms with E-state index in [0.717, 1.165) is 25.7 Å². The first kappa shape index (κ1) is 16.2. The van der Waals surface area contributed by atoms with Gasteiger partial charge in [0.1, 0.15) is 10.6 Å². The molecule has 0 spiro atoms. The second-order valence-electron chi connectivity index (χ2n) is 5.98. The minimum atomic E-state index is -3.57. The van der Waals surface area contributed by atoms with Crippen molar-refractivity contribution in [3.63, 3.8) is 0 Å². The summed E-state index contributed by atoms with van der Waals surface area (Å²) in [6.07, 6.45) is 7.21. The third kappa shape index (κ3) is 3.18. The summed E-state index contributed by atoms with van der Waals surface area (Å²) in [4.78, 5) is 0.225. The highest BCUT2D eigenvalue weighted by Crippen LogP contribution is 2.30. The van der Waals surface area contributed by atoms with E-state index in [1.165, 1.54) is 0 Å². The summed E-state index contributed by atoms with van der Waals surface area (Å²) in [5, 5.41) is 7.98. The highest BCUT2D eigenvalue weighted by molar-refractivity contribution is 7.89. The van der Waals surface area contributed by atoms with Gasteiger partial charge in [0, 0.05) is 31.5 Å². The highest BCUT2D eigenvalue weighted by Gasteiger charge is 2.36. The Morgan fingerprint density at radius 3 is 2.83 bits per heavy atom. The fraction of sp³-hybridized carbons (Fsp3) is 0.600. The van der Waals surface area contributed by atoms with Crippen molar-refractivity contribution in [3.8, 4) is 0 Å². The Labute approximate surface area is 136 Å². The van der Waals surface area contributed by atoms with Crippen LogP contribution >= 0.6 is 0 Å². The van der Waals surface area contributed by atoms with Crippen molar-refractivity contribution in [3.05, 3.63) is 29.9 Å². The lowest BCUT2D eigenvalue weighted by Gasteiger charge is -2.34. The van der Waals surface area contributed by atoms with Crippen LogP contribution in [0.5, 0.6) is 0 Å². The van der Waals surface area contributed by atoms with E-state index in [0.29, 0.717) is 24.5 Å². The standard InChI is InChI=1S/C15H22N4O3S/c1-12-15(13(2)22-17-12)23(20,21)19-10-4-3-6-14(19)7-11-18-9-5-8-16-18/h5,8-9,14H,3-4,6-7,10-11H2,1-2H3. The molecule has 2 aromatic heterocycles. The van der Waals surface area contributed by atoms with Gasteiger partial charge in [0.05, 0.1) is 0 Å². The number of piperidine rings is 1. The molecule has 0 bridgehead atoms. The number of aromatic nitrogens is 3. The van der Waals surface area contributed by atoms with Crippen LogP contribution in [0.2, 0.25) is 0 Å². The van der Waals surface area contributed by atoms with E-state index >= 15 is 0 Å². The van der Waals surface area contributed by atoms with Crippen molar-refractivity contribution >= 4 is 10.0 Å². The van der Waals surface area contributed by atoms with E-state index in [4.69, 9.17) is 4.52 Å². The topological polar surface area (TPSA) is 81.2 Å². The third-order valence-electron chi connectivity index (χ3n) is 4.36. The summed E-state index contributed by atoms with van der Waals surface area (Å²) in [6, 6.07) is 1.87. The van der Waals surface area contributed by atoms with Crippen molar-refractivity contribution in [2.45, 2.75) is 57.0 Å². The van der Waals surface area contributed by atoms with E-state index in [1.54, 1.807) is 24.3 Å². The summed E-state index contributed by atoms with van der Waals surface area (Å²) in [5.41, 5.74) is 0.430. The minimum absolute atomic E-state index is 0.00773. The summed E-state index contributed by atoms with van der Waals surface area (Å²) in [7, 11) is -3.57. The van der Waals surface area contributed by atoms with Gasteiger partial charge in [-0.05, 0) is 39.2 Å². The van der Waals surface area contributed by atoms with Gasteiger partial charge < -0.3 is 4.52 Å². The second-order valence-corrected chi connectivity index (χ2v) is 7.80. The molecule has 8 heteroatoms. The first-order valence-corrected chi connectivity index (χ1v) is 9.36. The molecule has 1 aliphatic heterocycles. The predicted molar refractivity (Wildman–Crippen MR) is 84.4 cm³/mol. The average Bonchev–Trinajstić information content (AvgIpc) is 3.15. The summed E-state index contributed by atoms with van der Waals surface area (Å²) < 4.78 is 34.7. The number of aryl methyl sites for hydroxylation is 3. The van der Waals surface area contributed by atoms with Gasteiger partial charge in [-0.15, -0.1) is 0 Å². The maximum absolute atomic E-state index is 13.1. The van der Waals surface area contributed by atoms with Crippen LogP contribution in [0.3, 0.4) is 0 Å². The van der Waals surface area contributed by atoms with Crippen LogP contribution in [-0.4, -0.2) is 40.2 Å². The Bertz CT molecular complexity index is 732. The lowest BCUT2D eigenvalue weighted by atomic mass is 10.0. The lowest BCUT2D eigenvalue weighted by molar-refractivity contribution is 0.231. The molecule has 2 aromatic rings. The van der Waals surface area contributed by atoms with E-state index in [9.17, 15) is 8.42 Å². The Hall–Kier alpha value is -1.67. The fourth-order valence-corrected chi connectivity index (χ4v) is 5.27. The lowest BCUT2D eigenvalue weighted by Crippen LogP contribution is -2.44. The largest absolute Gasteiger partial charge is 0.360 e. The van der Waals surface area contributed by atoms with Gasteiger partial charge in [0.15, 0.2) is 5.76 Å². The summed E-state index contributed by atoms with van der Waals surface area (Å²) in [6.45, 7) is 4.59. The van der Waals surface area contributed by atoms with Gasteiger partial charge in [-0.25, -0.2) is 8.42 Å². The molecule has 0 aliphatic carbocycles. The molecule has 1 saturated heterocycles. The molecule has 3 heterocycles. The van der Waals surface area contributed by atoms with Crippen molar-refractivity contribution in [1.29, 1.82) is 0 Å². The Morgan fingerprint density at radius 2 is 2.17 bits per heavy atom. The van der Waals surface area contributed by atoms with Crippen molar-refractivity contribution in [2.24, 2.45) is 0 Å². The zero-order valence-electron chi connectivity index (χ0n) is 13.5. The SMILES string of the molecule is Cc1noc(C)c1S(=O)(=O)N1CCCCC1CCn1cccn1. The minimum Gasteiger partial charge on any atom is -0.360 e. The molecule has 0 radical (unpaired) electrons. The molecule has 0 aromatic carbocycles. The monoisotopic (exact) mass is 338 g/mol. The first-order chi connectivity index (χ1) is 11.0. The number of sulfonamides is 1.